The van der Waals surface area contributed by atoms with E-state index in [0.29, 0.717) is 11.4 Å². The Balaban J connectivity index is 0.000000356. The predicted octanol–water partition coefficient (Wildman–Crippen LogP) is 1.96. The highest BCUT2D eigenvalue weighted by Gasteiger charge is 2.26. The second-order valence-corrected chi connectivity index (χ2v) is 6.91. The number of rotatable bonds is 3. The number of amides is 1. The molecule has 3 N–H and O–H groups in total. The summed E-state index contributed by atoms with van der Waals surface area (Å²) in [5.41, 5.74) is 3.10. The number of carbonyl (C=O) groups is 1. The van der Waals surface area contributed by atoms with E-state index < -0.39 is 11.7 Å². The van der Waals surface area contributed by atoms with E-state index in [1.165, 1.54) is 5.56 Å². The van der Waals surface area contributed by atoms with Crippen molar-refractivity contribution >= 4 is 27.9 Å². The van der Waals surface area contributed by atoms with Gasteiger partial charge in [0.15, 0.2) is 0 Å². The van der Waals surface area contributed by atoms with Gasteiger partial charge in [-0.25, -0.2) is 10.6 Å². The van der Waals surface area contributed by atoms with Crippen LogP contribution in [0.5, 0.6) is 0 Å². The first-order valence-corrected chi connectivity index (χ1v) is 7.82. The van der Waals surface area contributed by atoms with Gasteiger partial charge in [-0.2, -0.15) is 0 Å². The minimum absolute atomic E-state index is 0.403. The number of carbonyl (C=O) groups excluding carboxylic acids is 1. The van der Waals surface area contributed by atoms with Crippen molar-refractivity contribution in [2.45, 2.75) is 37.8 Å². The lowest BCUT2D eigenvalue weighted by Crippen LogP contribution is -2.39. The first-order valence-electron chi connectivity index (χ1n) is 6.13. The molecule has 0 saturated carbocycles. The Kier molecular flexibility index (Phi) is 8.46. The lowest BCUT2D eigenvalue weighted by molar-refractivity contribution is 0.0370. The van der Waals surface area contributed by atoms with Crippen molar-refractivity contribution in [3.8, 4) is 0 Å². The molecule has 0 aromatic heterocycles. The summed E-state index contributed by atoms with van der Waals surface area (Å²) in [4.78, 5) is 10.7. The second-order valence-electron chi connectivity index (χ2n) is 4.91. The number of nitrogens with one attached hydrogen (secondary N) is 1. The zero-order chi connectivity index (χ0) is 14.9. The van der Waals surface area contributed by atoms with Crippen LogP contribution in [0.25, 0.3) is 0 Å². The lowest BCUT2D eigenvalue weighted by Gasteiger charge is -2.28. The average Bonchev–Trinajstić information content (AvgIpc) is 2.39. The zero-order valence-corrected chi connectivity index (χ0v) is 14.7. The summed E-state index contributed by atoms with van der Waals surface area (Å²) >= 11 is 5.53. The topological polar surface area (TPSA) is 64.3 Å². The van der Waals surface area contributed by atoms with Crippen molar-refractivity contribution in [3.05, 3.63) is 35.9 Å². The molecular weight excluding hydrogens is 280 g/mol. The van der Waals surface area contributed by atoms with E-state index in [1.807, 2.05) is 56.5 Å². The van der Waals surface area contributed by atoms with Crippen LogP contribution in [-0.2, 0) is 10.6 Å². The summed E-state index contributed by atoms with van der Waals surface area (Å²) in [6.07, 6.45) is -0.572. The number of benzene rings is 1. The Morgan fingerprint density at radius 3 is 2.32 bits per heavy atom. The largest absolute Gasteiger partial charge is 0.443 e. The van der Waals surface area contributed by atoms with Crippen molar-refractivity contribution in [2.75, 3.05) is 0 Å². The summed E-state index contributed by atoms with van der Waals surface area (Å²) in [7, 11) is 0.989. The van der Waals surface area contributed by atoms with Crippen LogP contribution in [0.3, 0.4) is 0 Å². The number of alkyl halides is 1. The molecule has 0 saturated heterocycles. The number of hydrazine groups is 1. The number of hydrogen-bond acceptors (Lipinski definition) is 3. The molecular formula is C13H23ClN2O2Si. The van der Waals surface area contributed by atoms with Gasteiger partial charge in [0, 0.05) is 16.1 Å². The van der Waals surface area contributed by atoms with E-state index in [1.54, 1.807) is 0 Å². The Morgan fingerprint density at radius 2 is 2.00 bits per heavy atom. The molecule has 1 aromatic rings. The van der Waals surface area contributed by atoms with Gasteiger partial charge in [-0.15, -0.1) is 11.6 Å². The molecule has 0 aliphatic rings. The van der Waals surface area contributed by atoms with Crippen LogP contribution in [-0.4, -0.2) is 21.9 Å². The van der Waals surface area contributed by atoms with Crippen molar-refractivity contribution in [3.63, 3.8) is 0 Å². The highest BCUT2D eigenvalue weighted by molar-refractivity contribution is 6.17. The maximum absolute atomic E-state index is 10.7. The molecule has 1 unspecified atom stereocenters. The normalized spacial score (nSPS) is 12.1. The molecule has 0 aliphatic heterocycles. The Labute approximate surface area is 123 Å². The van der Waals surface area contributed by atoms with Gasteiger partial charge < -0.3 is 4.74 Å². The molecule has 1 aromatic carbocycles. The molecule has 6 heteroatoms. The molecule has 0 fully saturated rings. The fourth-order valence-corrected chi connectivity index (χ4v) is 1.25. The van der Waals surface area contributed by atoms with Crippen LogP contribution >= 0.6 is 11.6 Å². The highest BCUT2D eigenvalue weighted by atomic mass is 35.5. The fraction of sp³-hybridized carbons (Fsp3) is 0.462. The Morgan fingerprint density at radius 1 is 1.47 bits per heavy atom. The summed E-state index contributed by atoms with van der Waals surface area (Å²) in [6.45, 7) is 5.79. The summed E-state index contributed by atoms with van der Waals surface area (Å²) < 4.78 is 5.01. The quantitative estimate of drug-likeness (QED) is 0.295. The highest BCUT2D eigenvalue weighted by Crippen LogP contribution is 2.22. The van der Waals surface area contributed by atoms with Crippen LogP contribution < -0.4 is 11.3 Å². The summed E-state index contributed by atoms with van der Waals surface area (Å²) in [5.74, 6) is 5.48. The minimum atomic E-state index is -0.572. The van der Waals surface area contributed by atoms with Gasteiger partial charge >= 0.3 is 6.09 Å². The average molecular weight is 303 g/mol. The molecule has 1 rings (SSSR count). The molecule has 0 spiro atoms. The molecule has 108 valence electrons. The number of nitrogens with two attached hydrogens (primary N) is 1. The van der Waals surface area contributed by atoms with Crippen LogP contribution in [0, 0.1) is 0 Å². The summed E-state index contributed by atoms with van der Waals surface area (Å²) in [5, 5.41) is 0. The van der Waals surface area contributed by atoms with Crippen molar-refractivity contribution in [1.29, 1.82) is 0 Å². The van der Waals surface area contributed by atoms with Crippen LogP contribution in [0.15, 0.2) is 30.3 Å². The van der Waals surface area contributed by atoms with Gasteiger partial charge in [-0.05, 0) is 25.0 Å². The monoisotopic (exact) mass is 302 g/mol. The maximum Gasteiger partial charge on any atom is 0.421 e. The minimum Gasteiger partial charge on any atom is -0.443 e. The molecule has 0 bridgehead atoms. The molecule has 4 nitrogen and oxygen atoms in total. The third kappa shape index (κ3) is 7.87. The lowest BCUT2D eigenvalue weighted by atomic mass is 10.1. The van der Waals surface area contributed by atoms with Crippen molar-refractivity contribution < 1.29 is 9.53 Å². The zero-order valence-electron chi connectivity index (χ0n) is 11.9. The van der Waals surface area contributed by atoms with Crippen molar-refractivity contribution in [2.24, 2.45) is 5.84 Å². The maximum atomic E-state index is 10.7. The van der Waals surface area contributed by atoms with Gasteiger partial charge in [0.2, 0.25) is 0 Å². The van der Waals surface area contributed by atoms with E-state index in [9.17, 15) is 4.79 Å². The van der Waals surface area contributed by atoms with Gasteiger partial charge in [-0.1, -0.05) is 37.3 Å². The number of halogens is 1. The third-order valence-corrected chi connectivity index (χ3v) is 4.56. The van der Waals surface area contributed by atoms with Crippen LogP contribution in [0.4, 0.5) is 4.79 Å². The van der Waals surface area contributed by atoms with Gasteiger partial charge in [-0.3, -0.25) is 5.43 Å². The van der Waals surface area contributed by atoms with E-state index in [0.717, 1.165) is 10.2 Å². The predicted molar refractivity (Wildman–Crippen MR) is 83.2 cm³/mol. The summed E-state index contributed by atoms with van der Waals surface area (Å²) in [6, 6.07) is 9.96. The molecule has 1 atom stereocenters. The van der Waals surface area contributed by atoms with Crippen LogP contribution in [0.2, 0.25) is 5.54 Å². The molecule has 0 radical (unpaired) electrons. The molecule has 19 heavy (non-hydrogen) atoms. The van der Waals surface area contributed by atoms with Gasteiger partial charge in [0.1, 0.15) is 5.60 Å². The van der Waals surface area contributed by atoms with Crippen molar-refractivity contribution in [1.82, 2.24) is 5.43 Å². The molecule has 0 aliphatic carbocycles. The number of hydrogen-bond donors (Lipinski definition) is 2. The Bertz CT molecular complexity index is 372. The van der Waals surface area contributed by atoms with Crippen LogP contribution in [0.1, 0.15) is 26.3 Å². The fourth-order valence-electron chi connectivity index (χ4n) is 0.953. The van der Waals surface area contributed by atoms with E-state index in [-0.39, 0.29) is 0 Å². The van der Waals surface area contributed by atoms with E-state index in [2.05, 4.69) is 0 Å². The molecule has 1 amide bonds. The SMILES string of the molecule is CC([SiH3])C(C)(C)OC(=O)NN.ClCc1ccccc1. The van der Waals surface area contributed by atoms with Gasteiger partial charge in [0.25, 0.3) is 0 Å². The first kappa shape index (κ1) is 18.0. The standard InChI is InChI=1S/C7H7Cl.C6H16N2O2Si/c8-6-7-4-2-1-3-5-7;1-4(11)6(2,3)10-5(9)8-7/h1-5H,6H2;4H,7H2,1-3,11H3,(H,8,9). The van der Waals surface area contributed by atoms with Gasteiger partial charge in [0.05, 0.1) is 0 Å². The molecule has 0 heterocycles. The second kappa shape index (κ2) is 8.96. The Hall–Kier alpha value is -1.04. The van der Waals surface area contributed by atoms with E-state index in [4.69, 9.17) is 22.2 Å². The van der Waals surface area contributed by atoms with E-state index >= 15 is 0 Å². The number of ether oxygens (including phenoxy) is 1. The first-order chi connectivity index (χ1) is 8.83. The third-order valence-electron chi connectivity index (χ3n) is 2.86. The smallest absolute Gasteiger partial charge is 0.421 e.